The highest BCUT2D eigenvalue weighted by atomic mass is 16.3. The molecule has 1 heteroatoms. The van der Waals surface area contributed by atoms with E-state index in [1.165, 1.54) is 38.5 Å². The Hall–Kier alpha value is -0.0400. The minimum absolute atomic E-state index is 0.0862. The topological polar surface area (TPSA) is 20.2 Å². The largest absolute Gasteiger partial charge is 0.393 e. The second kappa shape index (κ2) is 4.76. The Morgan fingerprint density at radius 3 is 2.45 bits per heavy atom. The molecule has 1 N–H and O–H groups in total. The van der Waals surface area contributed by atoms with Gasteiger partial charge < -0.3 is 5.11 Å². The minimum atomic E-state index is -0.0862. The van der Waals surface area contributed by atoms with Gasteiger partial charge in [0.1, 0.15) is 0 Å². The third-order valence-electron chi connectivity index (χ3n) is 2.72. The van der Waals surface area contributed by atoms with Gasteiger partial charge in [-0.2, -0.15) is 0 Å². The zero-order valence-corrected chi connectivity index (χ0v) is 7.55. The summed E-state index contributed by atoms with van der Waals surface area (Å²) >= 11 is 0. The van der Waals surface area contributed by atoms with Crippen LogP contribution >= 0.6 is 0 Å². The highest BCUT2D eigenvalue weighted by Crippen LogP contribution is 2.27. The van der Waals surface area contributed by atoms with Crippen molar-refractivity contribution in [3.05, 3.63) is 0 Å². The Morgan fingerprint density at radius 1 is 1.27 bits per heavy atom. The van der Waals surface area contributed by atoms with Gasteiger partial charge >= 0.3 is 0 Å². The van der Waals surface area contributed by atoms with Crippen LogP contribution in [-0.2, 0) is 0 Å². The average molecular weight is 156 g/mol. The summed E-state index contributed by atoms with van der Waals surface area (Å²) in [7, 11) is 0. The van der Waals surface area contributed by atoms with Gasteiger partial charge in [0.2, 0.25) is 0 Å². The first-order chi connectivity index (χ1) is 5.29. The molecule has 0 aliphatic heterocycles. The number of aliphatic hydroxyl groups excluding tert-OH is 1. The van der Waals surface area contributed by atoms with Crippen molar-refractivity contribution in [2.75, 3.05) is 0 Å². The van der Waals surface area contributed by atoms with E-state index in [9.17, 15) is 0 Å². The third-order valence-corrected chi connectivity index (χ3v) is 2.72. The Morgan fingerprint density at radius 2 is 1.91 bits per heavy atom. The fourth-order valence-corrected chi connectivity index (χ4v) is 1.95. The normalized spacial score (nSPS) is 23.5. The summed E-state index contributed by atoms with van der Waals surface area (Å²) in [6.07, 6.45) is 9.26. The molecule has 1 rings (SSSR count). The van der Waals surface area contributed by atoms with E-state index in [0.29, 0.717) is 0 Å². The van der Waals surface area contributed by atoms with E-state index in [-0.39, 0.29) is 6.10 Å². The van der Waals surface area contributed by atoms with Crippen LogP contribution in [0.2, 0.25) is 0 Å². The Kier molecular flexibility index (Phi) is 3.92. The molecule has 0 aromatic carbocycles. The molecule has 0 bridgehead atoms. The minimum Gasteiger partial charge on any atom is -0.393 e. The van der Waals surface area contributed by atoms with Crippen LogP contribution in [0.25, 0.3) is 0 Å². The van der Waals surface area contributed by atoms with E-state index >= 15 is 0 Å². The van der Waals surface area contributed by atoms with E-state index in [1.54, 1.807) is 0 Å². The molecule has 1 saturated carbocycles. The van der Waals surface area contributed by atoms with E-state index in [1.807, 2.05) is 6.92 Å². The van der Waals surface area contributed by atoms with Gasteiger partial charge in [0, 0.05) is 0 Å². The van der Waals surface area contributed by atoms with Gasteiger partial charge in [0.15, 0.2) is 0 Å². The van der Waals surface area contributed by atoms with Crippen molar-refractivity contribution in [3.8, 4) is 0 Å². The van der Waals surface area contributed by atoms with Crippen molar-refractivity contribution in [1.29, 1.82) is 0 Å². The maximum Gasteiger partial charge on any atom is 0.0512 e. The summed E-state index contributed by atoms with van der Waals surface area (Å²) in [5.41, 5.74) is 0. The number of rotatable bonds is 3. The van der Waals surface area contributed by atoms with E-state index in [2.05, 4.69) is 0 Å². The summed E-state index contributed by atoms with van der Waals surface area (Å²) in [6.45, 7) is 1.89. The van der Waals surface area contributed by atoms with Gasteiger partial charge in [0.25, 0.3) is 0 Å². The van der Waals surface area contributed by atoms with Crippen LogP contribution in [0.15, 0.2) is 0 Å². The number of aliphatic hydroxyl groups is 1. The molecular weight excluding hydrogens is 136 g/mol. The van der Waals surface area contributed by atoms with Crippen LogP contribution in [-0.4, -0.2) is 11.2 Å². The molecule has 1 fully saturated rings. The predicted octanol–water partition coefficient (Wildman–Crippen LogP) is 2.73. The van der Waals surface area contributed by atoms with Gasteiger partial charge in [-0.3, -0.25) is 0 Å². The van der Waals surface area contributed by atoms with E-state index in [0.717, 1.165) is 12.3 Å². The quantitative estimate of drug-likeness (QED) is 0.666. The summed E-state index contributed by atoms with van der Waals surface area (Å²) in [5, 5.41) is 9.08. The highest BCUT2D eigenvalue weighted by Gasteiger charge is 2.13. The standard InChI is InChI=1S/C10H20O/c1-9(11)7-8-10-5-3-2-4-6-10/h9-11H,2-8H2,1H3/t9-/m1/s1. The van der Waals surface area contributed by atoms with Crippen molar-refractivity contribution in [2.24, 2.45) is 5.92 Å². The average Bonchev–Trinajstić information content (AvgIpc) is 2.03. The van der Waals surface area contributed by atoms with E-state index in [4.69, 9.17) is 5.11 Å². The van der Waals surface area contributed by atoms with Crippen LogP contribution in [0.1, 0.15) is 51.9 Å². The number of hydrogen-bond donors (Lipinski definition) is 1. The second-order valence-corrected chi connectivity index (χ2v) is 3.93. The Balaban J connectivity index is 2.05. The van der Waals surface area contributed by atoms with Gasteiger partial charge in [0.05, 0.1) is 6.10 Å². The third kappa shape index (κ3) is 3.76. The lowest BCUT2D eigenvalue weighted by Gasteiger charge is -2.21. The second-order valence-electron chi connectivity index (χ2n) is 3.93. The van der Waals surface area contributed by atoms with E-state index < -0.39 is 0 Å². The summed E-state index contributed by atoms with van der Waals surface area (Å²) < 4.78 is 0. The summed E-state index contributed by atoms with van der Waals surface area (Å²) in [6, 6.07) is 0. The van der Waals surface area contributed by atoms with Gasteiger partial charge in [-0.05, 0) is 25.7 Å². The molecule has 0 radical (unpaired) electrons. The Labute approximate surface area is 69.8 Å². The smallest absolute Gasteiger partial charge is 0.0512 e. The molecule has 1 atom stereocenters. The highest BCUT2D eigenvalue weighted by molar-refractivity contribution is 4.66. The molecule has 0 amide bonds. The molecule has 1 aliphatic carbocycles. The van der Waals surface area contributed by atoms with Gasteiger partial charge in [-0.15, -0.1) is 0 Å². The fraction of sp³-hybridized carbons (Fsp3) is 1.00. The molecular formula is C10H20O. The number of hydrogen-bond acceptors (Lipinski definition) is 1. The molecule has 0 aromatic heterocycles. The van der Waals surface area contributed by atoms with Crippen molar-refractivity contribution in [2.45, 2.75) is 58.0 Å². The molecule has 0 aromatic rings. The van der Waals surface area contributed by atoms with Crippen molar-refractivity contribution >= 4 is 0 Å². The maximum absolute atomic E-state index is 9.08. The Bertz CT molecular complexity index is 93.0. The summed E-state index contributed by atoms with van der Waals surface area (Å²) in [5.74, 6) is 0.929. The monoisotopic (exact) mass is 156 g/mol. The molecule has 1 aliphatic rings. The van der Waals surface area contributed by atoms with Gasteiger partial charge in [-0.25, -0.2) is 0 Å². The molecule has 0 heterocycles. The SMILES string of the molecule is C[C@@H](O)CCC1CCCCC1. The molecule has 66 valence electrons. The molecule has 0 unspecified atom stereocenters. The lowest BCUT2D eigenvalue weighted by atomic mass is 9.85. The maximum atomic E-state index is 9.08. The van der Waals surface area contributed by atoms with Crippen LogP contribution in [0.4, 0.5) is 0 Å². The predicted molar refractivity (Wildman–Crippen MR) is 47.5 cm³/mol. The van der Waals surface area contributed by atoms with Crippen molar-refractivity contribution < 1.29 is 5.11 Å². The van der Waals surface area contributed by atoms with Crippen LogP contribution in [0, 0.1) is 5.92 Å². The fourth-order valence-electron chi connectivity index (χ4n) is 1.95. The zero-order chi connectivity index (χ0) is 8.10. The lowest BCUT2D eigenvalue weighted by Crippen LogP contribution is -2.09. The zero-order valence-electron chi connectivity index (χ0n) is 7.55. The molecule has 0 spiro atoms. The first kappa shape index (κ1) is 9.05. The van der Waals surface area contributed by atoms with Crippen LogP contribution in [0.5, 0.6) is 0 Å². The first-order valence-corrected chi connectivity index (χ1v) is 4.97. The lowest BCUT2D eigenvalue weighted by molar-refractivity contribution is 0.167. The molecule has 1 nitrogen and oxygen atoms in total. The van der Waals surface area contributed by atoms with Gasteiger partial charge in [-0.1, -0.05) is 32.1 Å². The van der Waals surface area contributed by atoms with Crippen molar-refractivity contribution in [1.82, 2.24) is 0 Å². The first-order valence-electron chi connectivity index (χ1n) is 4.97. The van der Waals surface area contributed by atoms with Crippen LogP contribution in [0.3, 0.4) is 0 Å². The van der Waals surface area contributed by atoms with Crippen LogP contribution < -0.4 is 0 Å². The van der Waals surface area contributed by atoms with Crippen molar-refractivity contribution in [3.63, 3.8) is 0 Å². The molecule has 0 saturated heterocycles. The summed E-state index contributed by atoms with van der Waals surface area (Å²) in [4.78, 5) is 0. The molecule has 11 heavy (non-hydrogen) atoms.